The molecule has 1 saturated heterocycles. The van der Waals surface area contributed by atoms with Crippen molar-refractivity contribution in [1.29, 1.82) is 0 Å². The van der Waals surface area contributed by atoms with Gasteiger partial charge in [0.25, 0.3) is 0 Å². The van der Waals surface area contributed by atoms with E-state index in [2.05, 4.69) is 16.3 Å². The lowest BCUT2D eigenvalue weighted by Crippen LogP contribution is -2.51. The summed E-state index contributed by atoms with van der Waals surface area (Å²) in [4.78, 5) is 15.6. The number of carbonyl (C=O) groups is 1. The second kappa shape index (κ2) is 4.91. The summed E-state index contributed by atoms with van der Waals surface area (Å²) >= 11 is 1.83. The topological polar surface area (TPSA) is 40.5 Å². The van der Waals surface area contributed by atoms with Crippen LogP contribution in [-0.4, -0.2) is 28.1 Å². The highest BCUT2D eigenvalue weighted by molar-refractivity contribution is 7.10. The van der Waals surface area contributed by atoms with E-state index < -0.39 is 11.5 Å². The SMILES string of the molecule is CCC1(C(=O)O)CCCN1C1CCCc2sccc21. The average molecular weight is 279 g/mol. The molecular weight excluding hydrogens is 258 g/mol. The van der Waals surface area contributed by atoms with Gasteiger partial charge in [0.15, 0.2) is 0 Å². The minimum Gasteiger partial charge on any atom is -0.480 e. The zero-order valence-corrected chi connectivity index (χ0v) is 12.2. The van der Waals surface area contributed by atoms with Crippen LogP contribution >= 0.6 is 11.3 Å². The largest absolute Gasteiger partial charge is 0.480 e. The molecule has 0 amide bonds. The molecule has 2 unspecified atom stereocenters. The molecule has 1 aliphatic heterocycles. The van der Waals surface area contributed by atoms with Gasteiger partial charge < -0.3 is 5.11 Å². The molecule has 0 spiro atoms. The summed E-state index contributed by atoms with van der Waals surface area (Å²) < 4.78 is 0. The minimum absolute atomic E-state index is 0.327. The van der Waals surface area contributed by atoms with Gasteiger partial charge in [-0.15, -0.1) is 11.3 Å². The molecule has 2 aliphatic rings. The number of fused-ring (bicyclic) bond motifs is 1. The number of likely N-dealkylation sites (tertiary alicyclic amines) is 1. The van der Waals surface area contributed by atoms with Gasteiger partial charge in [-0.25, -0.2) is 0 Å². The Morgan fingerprint density at radius 3 is 3.16 bits per heavy atom. The van der Waals surface area contributed by atoms with E-state index in [1.54, 1.807) is 0 Å². The Bertz CT molecular complexity index is 484. The first-order valence-electron chi connectivity index (χ1n) is 7.25. The summed E-state index contributed by atoms with van der Waals surface area (Å²) in [6.07, 6.45) is 5.99. The summed E-state index contributed by atoms with van der Waals surface area (Å²) in [7, 11) is 0. The first-order valence-corrected chi connectivity index (χ1v) is 8.13. The van der Waals surface area contributed by atoms with Crippen molar-refractivity contribution in [2.45, 2.75) is 57.0 Å². The highest BCUT2D eigenvalue weighted by Gasteiger charge is 2.49. The number of carboxylic acids is 1. The maximum atomic E-state index is 11.8. The second-order valence-corrected chi connectivity index (χ2v) is 6.70. The fourth-order valence-corrected chi connectivity index (χ4v) is 4.88. The van der Waals surface area contributed by atoms with Crippen LogP contribution in [0.15, 0.2) is 11.4 Å². The van der Waals surface area contributed by atoms with Gasteiger partial charge in [-0.2, -0.15) is 0 Å². The molecule has 1 aromatic rings. The van der Waals surface area contributed by atoms with Crippen molar-refractivity contribution in [1.82, 2.24) is 4.90 Å². The van der Waals surface area contributed by atoms with E-state index in [0.29, 0.717) is 12.5 Å². The Morgan fingerprint density at radius 1 is 1.58 bits per heavy atom. The van der Waals surface area contributed by atoms with Crippen LogP contribution in [0.5, 0.6) is 0 Å². The summed E-state index contributed by atoms with van der Waals surface area (Å²) in [5, 5.41) is 11.9. The van der Waals surface area contributed by atoms with Gasteiger partial charge in [0.1, 0.15) is 5.54 Å². The van der Waals surface area contributed by atoms with Crippen LogP contribution in [0.1, 0.15) is 55.5 Å². The van der Waals surface area contributed by atoms with E-state index >= 15 is 0 Å². The molecule has 0 radical (unpaired) electrons. The number of carboxylic acid groups (broad SMARTS) is 1. The van der Waals surface area contributed by atoms with Crippen molar-refractivity contribution in [3.05, 3.63) is 21.9 Å². The zero-order chi connectivity index (χ0) is 13.5. The van der Waals surface area contributed by atoms with E-state index in [-0.39, 0.29) is 0 Å². The van der Waals surface area contributed by atoms with Gasteiger partial charge in [-0.05, 0) is 62.1 Å². The number of hydrogen-bond acceptors (Lipinski definition) is 3. The predicted molar refractivity (Wildman–Crippen MR) is 76.6 cm³/mol. The summed E-state index contributed by atoms with van der Waals surface area (Å²) in [6.45, 7) is 2.95. The first kappa shape index (κ1) is 13.1. The van der Waals surface area contributed by atoms with Crippen LogP contribution in [0.3, 0.4) is 0 Å². The van der Waals surface area contributed by atoms with Crippen LogP contribution in [0.25, 0.3) is 0 Å². The third-order valence-corrected chi connectivity index (χ3v) is 5.92. The van der Waals surface area contributed by atoms with Crippen molar-refractivity contribution < 1.29 is 9.90 Å². The molecule has 2 atom stereocenters. The molecule has 3 rings (SSSR count). The molecule has 0 saturated carbocycles. The summed E-state index contributed by atoms with van der Waals surface area (Å²) in [6, 6.07) is 2.54. The quantitative estimate of drug-likeness (QED) is 0.921. The van der Waals surface area contributed by atoms with E-state index in [0.717, 1.165) is 25.8 Å². The van der Waals surface area contributed by atoms with E-state index in [1.165, 1.54) is 23.3 Å². The van der Waals surface area contributed by atoms with Crippen LogP contribution in [0.4, 0.5) is 0 Å². The Balaban J connectivity index is 1.97. The Morgan fingerprint density at radius 2 is 2.42 bits per heavy atom. The molecule has 104 valence electrons. The zero-order valence-electron chi connectivity index (χ0n) is 11.4. The molecule has 1 N–H and O–H groups in total. The maximum absolute atomic E-state index is 11.8. The molecule has 4 heteroatoms. The Labute approximate surface area is 118 Å². The number of aliphatic carboxylic acids is 1. The highest BCUT2D eigenvalue weighted by Crippen LogP contribution is 2.45. The number of hydrogen-bond donors (Lipinski definition) is 1. The molecule has 0 aromatic carbocycles. The average Bonchev–Trinajstić information content (AvgIpc) is 3.05. The van der Waals surface area contributed by atoms with E-state index in [9.17, 15) is 9.90 Å². The molecule has 19 heavy (non-hydrogen) atoms. The molecule has 1 aromatic heterocycles. The van der Waals surface area contributed by atoms with Gasteiger partial charge in [0.05, 0.1) is 0 Å². The molecule has 3 nitrogen and oxygen atoms in total. The minimum atomic E-state index is -0.630. The van der Waals surface area contributed by atoms with Crippen molar-refractivity contribution in [2.75, 3.05) is 6.54 Å². The number of rotatable bonds is 3. The fourth-order valence-electron chi connectivity index (χ4n) is 3.90. The highest BCUT2D eigenvalue weighted by atomic mass is 32.1. The van der Waals surface area contributed by atoms with Crippen LogP contribution in [0, 0.1) is 0 Å². The van der Waals surface area contributed by atoms with E-state index in [4.69, 9.17) is 0 Å². The van der Waals surface area contributed by atoms with Gasteiger partial charge in [-0.3, -0.25) is 9.69 Å². The molecular formula is C15H21NO2S. The number of aryl methyl sites for hydroxylation is 1. The molecule has 2 heterocycles. The van der Waals surface area contributed by atoms with Crippen molar-refractivity contribution in [2.24, 2.45) is 0 Å². The Kier molecular flexibility index (Phi) is 3.39. The number of nitrogens with zero attached hydrogens (tertiary/aromatic N) is 1. The second-order valence-electron chi connectivity index (χ2n) is 5.69. The monoisotopic (exact) mass is 279 g/mol. The summed E-state index contributed by atoms with van der Waals surface area (Å²) in [5.74, 6) is -0.630. The lowest BCUT2D eigenvalue weighted by Gasteiger charge is -2.41. The van der Waals surface area contributed by atoms with Gasteiger partial charge in [-0.1, -0.05) is 6.92 Å². The molecule has 0 bridgehead atoms. The summed E-state index contributed by atoms with van der Waals surface area (Å²) in [5.41, 5.74) is 0.776. The lowest BCUT2D eigenvalue weighted by molar-refractivity contribution is -0.151. The molecule has 1 fully saturated rings. The first-order chi connectivity index (χ1) is 9.19. The lowest BCUT2D eigenvalue weighted by atomic mass is 9.87. The Hall–Kier alpha value is -0.870. The van der Waals surface area contributed by atoms with Gasteiger partial charge >= 0.3 is 5.97 Å². The van der Waals surface area contributed by atoms with Crippen LogP contribution in [-0.2, 0) is 11.2 Å². The van der Waals surface area contributed by atoms with Crippen molar-refractivity contribution in [3.8, 4) is 0 Å². The predicted octanol–water partition coefficient (Wildman–Crippen LogP) is 3.45. The van der Waals surface area contributed by atoms with Gasteiger partial charge in [0, 0.05) is 10.9 Å². The van der Waals surface area contributed by atoms with Crippen LogP contribution in [0.2, 0.25) is 0 Å². The van der Waals surface area contributed by atoms with Crippen LogP contribution < -0.4 is 0 Å². The number of thiophene rings is 1. The van der Waals surface area contributed by atoms with Crippen molar-refractivity contribution >= 4 is 17.3 Å². The smallest absolute Gasteiger partial charge is 0.324 e. The standard InChI is InChI=1S/C15H21NO2S/c1-2-15(14(17)18)8-4-9-16(15)12-5-3-6-13-11(12)7-10-19-13/h7,10,12H,2-6,8-9H2,1H3,(H,17,18). The van der Waals surface area contributed by atoms with E-state index in [1.807, 2.05) is 18.3 Å². The van der Waals surface area contributed by atoms with Crippen molar-refractivity contribution in [3.63, 3.8) is 0 Å². The maximum Gasteiger partial charge on any atom is 0.324 e. The van der Waals surface area contributed by atoms with Gasteiger partial charge in [0.2, 0.25) is 0 Å². The fraction of sp³-hybridized carbons (Fsp3) is 0.667. The normalized spacial score (nSPS) is 31.3. The third kappa shape index (κ3) is 1.93. The molecule has 1 aliphatic carbocycles. The third-order valence-electron chi connectivity index (χ3n) is 4.92.